The molecule has 198 valence electrons. The Bertz CT molecular complexity index is 1590. The molecule has 4 aromatic rings. The summed E-state index contributed by atoms with van der Waals surface area (Å²) in [5.41, 5.74) is 2.27. The highest BCUT2D eigenvalue weighted by Crippen LogP contribution is 2.37. The first-order chi connectivity index (χ1) is 18.9. The first-order valence-corrected chi connectivity index (χ1v) is 13.3. The number of benzene rings is 2. The lowest BCUT2D eigenvalue weighted by Crippen LogP contribution is -2.34. The minimum absolute atomic E-state index is 0.133. The Labute approximate surface area is 225 Å². The molecule has 2 fully saturated rings. The Balaban J connectivity index is 1.27. The van der Waals surface area contributed by atoms with Gasteiger partial charge < -0.3 is 9.42 Å². The van der Waals surface area contributed by atoms with Gasteiger partial charge >= 0.3 is 0 Å². The van der Waals surface area contributed by atoms with Crippen LogP contribution in [0.3, 0.4) is 0 Å². The third-order valence-corrected chi connectivity index (χ3v) is 7.63. The van der Waals surface area contributed by atoms with Crippen molar-refractivity contribution in [3.63, 3.8) is 0 Å². The topological polar surface area (TPSA) is 112 Å². The SMILES string of the molecule is CC(C)c1nc(C2CCN(c3ncnc4c(-c5ccc(N6C(=O)CC[C@H]6C#N)c(F)c5)cccc34)CC2)no1. The van der Waals surface area contributed by atoms with Crippen molar-refractivity contribution in [2.75, 3.05) is 22.9 Å². The fourth-order valence-electron chi connectivity index (χ4n) is 5.53. The zero-order chi connectivity index (χ0) is 27.1. The molecule has 0 aliphatic carbocycles. The predicted molar refractivity (Wildman–Crippen MR) is 144 cm³/mol. The molecule has 0 radical (unpaired) electrons. The van der Waals surface area contributed by atoms with E-state index in [1.807, 2.05) is 32.0 Å². The molecular formula is C29H28FN7O2. The molecule has 2 aliphatic rings. The van der Waals surface area contributed by atoms with E-state index in [0.29, 0.717) is 17.9 Å². The molecule has 2 aromatic heterocycles. The van der Waals surface area contributed by atoms with E-state index >= 15 is 4.39 Å². The maximum Gasteiger partial charge on any atom is 0.229 e. The molecule has 2 aromatic carbocycles. The molecule has 0 N–H and O–H groups in total. The summed E-state index contributed by atoms with van der Waals surface area (Å²) in [6.45, 7) is 5.66. The number of nitrogens with zero attached hydrogens (tertiary/aromatic N) is 7. The maximum atomic E-state index is 15.3. The minimum atomic E-state index is -0.646. The number of aromatic nitrogens is 4. The predicted octanol–water partition coefficient (Wildman–Crippen LogP) is 5.35. The second-order valence-electron chi connectivity index (χ2n) is 10.4. The molecular weight excluding hydrogens is 497 g/mol. The van der Waals surface area contributed by atoms with Crippen LogP contribution in [0.15, 0.2) is 47.2 Å². The normalized spacial score (nSPS) is 18.3. The molecule has 6 rings (SSSR count). The van der Waals surface area contributed by atoms with Gasteiger partial charge in [0.1, 0.15) is 24.0 Å². The smallest absolute Gasteiger partial charge is 0.229 e. The molecule has 0 saturated carbocycles. The molecule has 4 heterocycles. The summed E-state index contributed by atoms with van der Waals surface area (Å²) in [6, 6.07) is 12.0. The first kappa shape index (κ1) is 24.9. The Morgan fingerprint density at radius 2 is 1.95 bits per heavy atom. The highest BCUT2D eigenvalue weighted by molar-refractivity contribution is 6.00. The maximum absolute atomic E-state index is 15.3. The van der Waals surface area contributed by atoms with E-state index in [2.05, 4.69) is 31.1 Å². The molecule has 0 spiro atoms. The number of hydrogen-bond acceptors (Lipinski definition) is 8. The van der Waals surface area contributed by atoms with Gasteiger partial charge in [0.2, 0.25) is 11.8 Å². The highest BCUT2D eigenvalue weighted by Gasteiger charge is 2.34. The van der Waals surface area contributed by atoms with E-state index < -0.39 is 11.9 Å². The number of fused-ring (bicyclic) bond motifs is 1. The van der Waals surface area contributed by atoms with Crippen molar-refractivity contribution in [1.29, 1.82) is 5.26 Å². The van der Waals surface area contributed by atoms with Crippen molar-refractivity contribution in [2.24, 2.45) is 0 Å². The Kier molecular flexibility index (Phi) is 6.43. The summed E-state index contributed by atoms with van der Waals surface area (Å²) < 4.78 is 20.7. The van der Waals surface area contributed by atoms with Gasteiger partial charge in [0.05, 0.1) is 17.3 Å². The number of carbonyl (C=O) groups excluding carboxylic acids is 1. The van der Waals surface area contributed by atoms with Gasteiger partial charge in [0.25, 0.3) is 0 Å². The average Bonchev–Trinajstić information content (AvgIpc) is 3.60. The number of anilines is 2. The monoisotopic (exact) mass is 525 g/mol. The number of hydrogen-bond donors (Lipinski definition) is 0. The van der Waals surface area contributed by atoms with Gasteiger partial charge in [-0.25, -0.2) is 14.4 Å². The second kappa shape index (κ2) is 10.1. The molecule has 2 aliphatic heterocycles. The van der Waals surface area contributed by atoms with Crippen LogP contribution >= 0.6 is 0 Å². The van der Waals surface area contributed by atoms with E-state index in [-0.39, 0.29) is 29.9 Å². The van der Waals surface area contributed by atoms with Crippen LogP contribution in [0.25, 0.3) is 22.0 Å². The first-order valence-electron chi connectivity index (χ1n) is 13.3. The third-order valence-electron chi connectivity index (χ3n) is 7.63. The van der Waals surface area contributed by atoms with Gasteiger partial charge in [-0.05, 0) is 43.0 Å². The van der Waals surface area contributed by atoms with Gasteiger partial charge in [0, 0.05) is 42.3 Å². The van der Waals surface area contributed by atoms with Gasteiger partial charge in [-0.15, -0.1) is 0 Å². The van der Waals surface area contributed by atoms with Crippen LogP contribution in [0.1, 0.15) is 63.1 Å². The number of para-hydroxylation sites is 1. The van der Waals surface area contributed by atoms with Gasteiger partial charge in [-0.2, -0.15) is 10.2 Å². The quantitative estimate of drug-likeness (QED) is 0.343. The Hall–Kier alpha value is -4.39. The van der Waals surface area contributed by atoms with Crippen molar-refractivity contribution in [3.8, 4) is 17.2 Å². The van der Waals surface area contributed by atoms with E-state index in [1.54, 1.807) is 18.5 Å². The summed E-state index contributed by atoms with van der Waals surface area (Å²) in [4.78, 5) is 29.6. The molecule has 0 unspecified atom stereocenters. The fraction of sp³-hybridized carbons (Fsp3) is 0.379. The Morgan fingerprint density at radius 3 is 2.67 bits per heavy atom. The second-order valence-corrected chi connectivity index (χ2v) is 10.4. The lowest BCUT2D eigenvalue weighted by atomic mass is 9.95. The Morgan fingerprint density at radius 1 is 1.13 bits per heavy atom. The van der Waals surface area contributed by atoms with Crippen molar-refractivity contribution in [1.82, 2.24) is 20.1 Å². The van der Waals surface area contributed by atoms with E-state index in [0.717, 1.165) is 54.0 Å². The largest absolute Gasteiger partial charge is 0.356 e. The number of piperidine rings is 1. The summed E-state index contributed by atoms with van der Waals surface area (Å²) in [5, 5.41) is 14.5. The van der Waals surface area contributed by atoms with Crippen LogP contribution in [0.5, 0.6) is 0 Å². The molecule has 10 heteroatoms. The summed E-state index contributed by atoms with van der Waals surface area (Å²) in [7, 11) is 0. The molecule has 1 amide bonds. The zero-order valence-electron chi connectivity index (χ0n) is 21.8. The lowest BCUT2D eigenvalue weighted by molar-refractivity contribution is -0.117. The van der Waals surface area contributed by atoms with Crippen LogP contribution in [0.2, 0.25) is 0 Å². The number of rotatable bonds is 5. The average molecular weight is 526 g/mol. The van der Waals surface area contributed by atoms with Gasteiger partial charge in [-0.1, -0.05) is 37.2 Å². The van der Waals surface area contributed by atoms with Crippen LogP contribution < -0.4 is 9.80 Å². The summed E-state index contributed by atoms with van der Waals surface area (Å²) >= 11 is 0. The number of halogens is 1. The van der Waals surface area contributed by atoms with Crippen molar-refractivity contribution < 1.29 is 13.7 Å². The van der Waals surface area contributed by atoms with E-state index in [1.165, 1.54) is 11.0 Å². The van der Waals surface area contributed by atoms with Crippen molar-refractivity contribution >= 4 is 28.3 Å². The molecule has 9 nitrogen and oxygen atoms in total. The highest BCUT2D eigenvalue weighted by atomic mass is 19.1. The van der Waals surface area contributed by atoms with Crippen molar-refractivity contribution in [3.05, 3.63) is 60.3 Å². The molecule has 39 heavy (non-hydrogen) atoms. The standard InChI is InChI=1S/C29H28FN7O2/c1-17(2)29-34-27(35-39-29)18-10-12-36(13-11-18)28-22-5-3-4-21(26(22)32-16-33-28)19-6-8-24(23(30)14-19)37-20(15-31)7-9-25(37)38/h3-6,8,14,16-18,20H,7,9-13H2,1-2H3/t20-/m0/s1. The summed E-state index contributed by atoms with van der Waals surface area (Å²) in [6.07, 6.45) is 3.97. The van der Waals surface area contributed by atoms with Crippen LogP contribution in [-0.4, -0.2) is 45.1 Å². The molecule has 1 atom stereocenters. The van der Waals surface area contributed by atoms with E-state index in [9.17, 15) is 10.1 Å². The number of amides is 1. The summed E-state index contributed by atoms with van der Waals surface area (Å²) in [5.74, 6) is 1.95. The van der Waals surface area contributed by atoms with E-state index in [4.69, 9.17) is 4.52 Å². The zero-order valence-corrected chi connectivity index (χ0v) is 21.8. The van der Waals surface area contributed by atoms with Crippen LogP contribution in [0.4, 0.5) is 15.9 Å². The van der Waals surface area contributed by atoms with Gasteiger partial charge in [0.15, 0.2) is 5.82 Å². The minimum Gasteiger partial charge on any atom is -0.356 e. The van der Waals surface area contributed by atoms with Crippen molar-refractivity contribution in [2.45, 2.75) is 57.4 Å². The third kappa shape index (κ3) is 4.48. The fourth-order valence-corrected chi connectivity index (χ4v) is 5.53. The molecule has 0 bridgehead atoms. The lowest BCUT2D eigenvalue weighted by Gasteiger charge is -2.32. The number of nitriles is 1. The van der Waals surface area contributed by atoms with Crippen LogP contribution in [0, 0.1) is 17.1 Å². The van der Waals surface area contributed by atoms with Crippen LogP contribution in [-0.2, 0) is 4.79 Å². The molecule has 2 saturated heterocycles. The van der Waals surface area contributed by atoms with Gasteiger partial charge in [-0.3, -0.25) is 9.69 Å². The number of carbonyl (C=O) groups is 1.